The molecule has 12 rings (SSSR count). The molecule has 3 atom stereocenters. The molecule has 0 aliphatic carbocycles. The Morgan fingerprint density at radius 2 is 0.750 bits per heavy atom. The van der Waals surface area contributed by atoms with E-state index in [1.54, 1.807) is 0 Å². The molecule has 1 nitrogen and oxygen atoms in total. The van der Waals surface area contributed by atoms with E-state index in [9.17, 15) is 5.73 Å². The molecule has 0 fully saturated rings. The fourth-order valence-electron chi connectivity index (χ4n) is 9.90. The molecular weight excluding hydrogens is 1080 g/mol. The first kappa shape index (κ1) is 54.1. The maximum Gasteiger partial charge on any atom is 0.110 e. The van der Waals surface area contributed by atoms with E-state index < -0.39 is 15.8 Å². The summed E-state index contributed by atoms with van der Waals surface area (Å²) in [7, 11) is 2.62. The molecule has 12 aromatic carbocycles. The summed E-state index contributed by atoms with van der Waals surface area (Å²) < 4.78 is 0. The minimum absolute atomic E-state index is 0.110. The fourth-order valence-corrected chi connectivity index (χ4v) is 17.1. The van der Waals surface area contributed by atoms with Gasteiger partial charge in [0.15, 0.2) is 0 Å². The van der Waals surface area contributed by atoms with Gasteiger partial charge >= 0.3 is 27.0 Å². The van der Waals surface area contributed by atoms with Crippen LogP contribution in [0.15, 0.2) is 315 Å². The van der Waals surface area contributed by atoms with E-state index in [1.807, 2.05) is 65.8 Å². The Morgan fingerprint density at radius 1 is 0.368 bits per heavy atom. The van der Waals surface area contributed by atoms with Gasteiger partial charge in [-0.05, 0) is 92.3 Å². The maximum absolute atomic E-state index is 9.26. The summed E-state index contributed by atoms with van der Waals surface area (Å²) >= 11 is 1.82. The molecule has 76 heavy (non-hydrogen) atoms. The second kappa shape index (κ2) is 28.5. The summed E-state index contributed by atoms with van der Waals surface area (Å²) in [5.74, 6) is 0. The van der Waals surface area contributed by atoms with Crippen molar-refractivity contribution in [1.82, 2.24) is 0 Å². The molecule has 1 N–H and O–H groups in total. The monoisotopic (exact) mass is 1140 g/mol. The van der Waals surface area contributed by atoms with Gasteiger partial charge in [-0.3, -0.25) is 0 Å². The number of hydrogen-bond donors (Lipinski definition) is 0. The second-order valence-electron chi connectivity index (χ2n) is 18.0. The van der Waals surface area contributed by atoms with Gasteiger partial charge in [0.2, 0.25) is 0 Å². The first-order valence-electron chi connectivity index (χ1n) is 25.4. The quantitative estimate of drug-likeness (QED) is 0.0661. The summed E-state index contributed by atoms with van der Waals surface area (Å²) in [5, 5.41) is 14.9. The second-order valence-corrected chi connectivity index (χ2v) is 24.4. The number of halogens is 1. The van der Waals surface area contributed by atoms with Crippen molar-refractivity contribution >= 4 is 92.8 Å². The van der Waals surface area contributed by atoms with Crippen molar-refractivity contribution in [2.75, 3.05) is 0 Å². The first-order valence-corrected chi connectivity index (χ1v) is 31.7. The minimum Gasteiger partial charge on any atom is -0.667 e. The Balaban J connectivity index is 0.000000170. The van der Waals surface area contributed by atoms with Gasteiger partial charge in [0.1, 0.15) is 15.9 Å². The minimum atomic E-state index is -1.30. The average Bonchev–Trinajstić information content (AvgIpc) is 3.54. The van der Waals surface area contributed by atoms with Crippen LogP contribution in [-0.4, -0.2) is 0 Å². The van der Waals surface area contributed by atoms with Crippen LogP contribution in [0.4, 0.5) is 0 Å². The van der Waals surface area contributed by atoms with E-state index in [1.165, 1.54) is 75.4 Å². The number of nitrogens with one attached hydrogen (secondary N) is 1. The van der Waals surface area contributed by atoms with Crippen molar-refractivity contribution in [3.63, 3.8) is 0 Å². The molecule has 0 saturated heterocycles. The van der Waals surface area contributed by atoms with Crippen LogP contribution in [0.25, 0.3) is 38.4 Å². The molecule has 0 radical (unpaired) electrons. The average molecular weight is 1140 g/mol. The van der Waals surface area contributed by atoms with E-state index in [-0.39, 0.29) is 11.7 Å². The molecule has 0 heterocycles. The number of fused-ring (bicyclic) bond motifs is 2. The van der Waals surface area contributed by atoms with Gasteiger partial charge in [0.05, 0.1) is 32.1 Å². The molecular formula is C70H58ClNP3Ru+2. The summed E-state index contributed by atoms with van der Waals surface area (Å²) in [4.78, 5) is 0. The van der Waals surface area contributed by atoms with E-state index in [0.717, 1.165) is 5.56 Å². The Morgan fingerprint density at radius 3 is 1.21 bits per heavy atom. The zero-order chi connectivity index (χ0) is 52.2. The van der Waals surface area contributed by atoms with Crippen molar-refractivity contribution in [3.05, 3.63) is 338 Å². The maximum atomic E-state index is 9.26. The normalized spacial score (nSPS) is 11.7. The van der Waals surface area contributed by atoms with Crippen LogP contribution in [0, 0.1) is 6.07 Å². The van der Waals surface area contributed by atoms with Crippen LogP contribution in [0.3, 0.4) is 0 Å². The third kappa shape index (κ3) is 13.6. The van der Waals surface area contributed by atoms with Crippen molar-refractivity contribution in [2.24, 2.45) is 0 Å². The molecule has 0 aliphatic rings. The van der Waals surface area contributed by atoms with Crippen LogP contribution in [0.1, 0.15) is 22.8 Å². The van der Waals surface area contributed by atoms with Crippen LogP contribution >= 0.6 is 34.1 Å². The van der Waals surface area contributed by atoms with Crippen molar-refractivity contribution in [3.8, 4) is 11.1 Å². The number of rotatable bonds is 12. The molecule has 0 saturated carbocycles. The van der Waals surface area contributed by atoms with Crippen LogP contribution in [0.2, 0.25) is 0 Å². The summed E-state index contributed by atoms with van der Waals surface area (Å²) in [6, 6.07) is 115. The van der Waals surface area contributed by atoms with Gasteiger partial charge in [0, 0.05) is 11.1 Å². The van der Waals surface area contributed by atoms with Gasteiger partial charge in [-0.1, -0.05) is 251 Å². The largest absolute Gasteiger partial charge is 0.667 e. The third-order valence-corrected chi connectivity index (χ3v) is 20.6. The zero-order valence-electron chi connectivity index (χ0n) is 41.9. The summed E-state index contributed by atoms with van der Waals surface area (Å²) in [6.45, 7) is 0. The smallest absolute Gasteiger partial charge is 0.110 e. The predicted molar refractivity (Wildman–Crippen MR) is 335 cm³/mol. The first-order chi connectivity index (χ1) is 37.7. The summed E-state index contributed by atoms with van der Waals surface area (Å²) in [6.07, 6.45) is 0. The Bertz CT molecular complexity index is 3500. The molecule has 0 amide bonds. The summed E-state index contributed by atoms with van der Waals surface area (Å²) in [5.41, 5.74) is 14.5. The number of hydrogen-bond acceptors (Lipinski definition) is 0. The SMILES string of the molecule is [Cl][Ru+2].[NH-]C(c1ccccc1)C(c1ccccc1)[PH+](c1ccccc1)c1ccccc1.[c-]1ccccc1.c1ccc(Pc2ccc3ccccc3c2-c2c([PH+](c3ccccc3)c3ccccc3)ccc3ccccc23)cc1. The molecule has 371 valence electrons. The molecule has 6 heteroatoms. The Labute approximate surface area is 467 Å². The molecule has 0 aliphatic heterocycles. The third-order valence-electron chi connectivity index (χ3n) is 13.3. The van der Waals surface area contributed by atoms with Gasteiger partial charge in [0.25, 0.3) is 0 Å². The van der Waals surface area contributed by atoms with E-state index >= 15 is 0 Å². The number of benzene rings is 12. The van der Waals surface area contributed by atoms with Gasteiger partial charge in [-0.15, -0.1) is 0 Å². The van der Waals surface area contributed by atoms with E-state index in [0.29, 0.717) is 8.58 Å². The Hall–Kier alpha value is -6.68. The molecule has 0 aromatic heterocycles. The van der Waals surface area contributed by atoms with Crippen LogP contribution in [-0.2, 0) is 17.3 Å². The Kier molecular flexibility index (Phi) is 20.3. The van der Waals surface area contributed by atoms with Crippen LogP contribution in [0.5, 0.6) is 0 Å². The standard InChI is InChI=1S/C38H28P2.C26H23NP.C6H5.ClH.Ru/c1-4-16-30(17-5-1)39-35-26-24-28-14-10-12-22-33(28)37(35)38-34-23-13-11-15-29(34)25-27-36(38)40(31-18-6-2-7-19-31)32-20-8-3-9-21-32;27-25(21-13-5-1-6-14-21)26(22-15-7-2-8-16-22)28(23-17-9-3-10-18-23)24-19-11-4-12-20-24;1-2-4-6-5-3-1;;/h1-27,39H;1-20,25-27H;1-5H;1H;/q;2*-1;;+3/p+1. The molecule has 12 aromatic rings. The molecule has 0 bridgehead atoms. The molecule has 3 unspecified atom stereocenters. The fraction of sp³-hybridized carbons (Fsp3) is 0.0286. The van der Waals surface area contributed by atoms with Crippen molar-refractivity contribution < 1.29 is 17.3 Å². The van der Waals surface area contributed by atoms with Crippen molar-refractivity contribution in [2.45, 2.75) is 11.7 Å². The van der Waals surface area contributed by atoms with Gasteiger partial charge < -0.3 is 5.73 Å². The van der Waals surface area contributed by atoms with Crippen LogP contribution < -0.4 is 37.1 Å². The molecule has 0 spiro atoms. The van der Waals surface area contributed by atoms with E-state index in [4.69, 9.17) is 0 Å². The van der Waals surface area contributed by atoms with Crippen molar-refractivity contribution in [1.29, 1.82) is 0 Å². The van der Waals surface area contributed by atoms with E-state index in [2.05, 4.69) is 283 Å². The van der Waals surface area contributed by atoms with Gasteiger partial charge in [-0.2, -0.15) is 36.4 Å². The topological polar surface area (TPSA) is 23.8 Å². The zero-order valence-corrected chi connectivity index (χ0v) is 47.4. The van der Waals surface area contributed by atoms with Gasteiger partial charge in [-0.25, -0.2) is 0 Å². The predicted octanol–water partition coefficient (Wildman–Crippen LogP) is 16.3.